The second-order valence-corrected chi connectivity index (χ2v) is 6.79. The van der Waals surface area contributed by atoms with E-state index in [-0.39, 0.29) is 11.9 Å². The van der Waals surface area contributed by atoms with Crippen molar-refractivity contribution in [3.63, 3.8) is 0 Å². The Balaban J connectivity index is 1.35. The summed E-state index contributed by atoms with van der Waals surface area (Å²) < 4.78 is 43.6. The number of aromatic nitrogens is 1. The number of rotatable bonds is 2. The molecule has 28 heavy (non-hydrogen) atoms. The maximum Gasteiger partial charge on any atom is 0.416 e. The van der Waals surface area contributed by atoms with Crippen LogP contribution in [0, 0.1) is 0 Å². The standard InChI is InChI=1S/C20H18F3N3O2/c21-20(22,23)14-5-7-15(8-6-14)24-19(27)26-11-9-13(10-12-26)18-25-16-3-1-2-4-17(16)28-18/h1-8,13H,9-12H2,(H,24,27). The number of para-hydroxylation sites is 2. The highest BCUT2D eigenvalue weighted by Gasteiger charge is 2.30. The average molecular weight is 389 g/mol. The SMILES string of the molecule is O=C(Nc1ccc(C(F)(F)F)cc1)N1CCC(c2nc3ccccc3o2)CC1. The fourth-order valence-electron chi connectivity index (χ4n) is 3.34. The van der Waals surface area contributed by atoms with Crippen molar-refractivity contribution in [2.24, 2.45) is 0 Å². The summed E-state index contributed by atoms with van der Waals surface area (Å²) in [6, 6.07) is 11.7. The van der Waals surface area contributed by atoms with Crippen molar-refractivity contribution in [3.8, 4) is 0 Å². The van der Waals surface area contributed by atoms with E-state index >= 15 is 0 Å². The van der Waals surface area contributed by atoms with E-state index in [9.17, 15) is 18.0 Å². The molecule has 1 fully saturated rings. The van der Waals surface area contributed by atoms with Crippen LogP contribution in [0.1, 0.15) is 30.2 Å². The summed E-state index contributed by atoms with van der Waals surface area (Å²) in [6.45, 7) is 1.05. The monoisotopic (exact) mass is 389 g/mol. The number of alkyl halides is 3. The number of likely N-dealkylation sites (tertiary alicyclic amines) is 1. The lowest BCUT2D eigenvalue weighted by Gasteiger charge is -2.30. The van der Waals surface area contributed by atoms with Gasteiger partial charge < -0.3 is 14.6 Å². The maximum atomic E-state index is 12.6. The molecule has 1 aliphatic heterocycles. The molecule has 2 amide bonds. The molecule has 0 atom stereocenters. The van der Waals surface area contributed by atoms with E-state index in [0.29, 0.717) is 37.5 Å². The van der Waals surface area contributed by atoms with Crippen LogP contribution in [0.3, 0.4) is 0 Å². The van der Waals surface area contributed by atoms with Gasteiger partial charge in [-0.25, -0.2) is 9.78 Å². The Hall–Kier alpha value is -3.03. The summed E-state index contributed by atoms with van der Waals surface area (Å²) >= 11 is 0. The van der Waals surface area contributed by atoms with Gasteiger partial charge in [0.2, 0.25) is 0 Å². The van der Waals surface area contributed by atoms with Crippen molar-refractivity contribution in [2.45, 2.75) is 24.9 Å². The van der Waals surface area contributed by atoms with Gasteiger partial charge >= 0.3 is 12.2 Å². The Morgan fingerprint density at radius 2 is 1.75 bits per heavy atom. The quantitative estimate of drug-likeness (QED) is 0.651. The van der Waals surface area contributed by atoms with E-state index in [2.05, 4.69) is 10.3 Å². The number of oxazole rings is 1. The van der Waals surface area contributed by atoms with Gasteiger partial charge in [-0.05, 0) is 49.2 Å². The fraction of sp³-hybridized carbons (Fsp3) is 0.300. The van der Waals surface area contributed by atoms with Crippen molar-refractivity contribution in [1.82, 2.24) is 9.88 Å². The van der Waals surface area contributed by atoms with Crippen LogP contribution in [0.5, 0.6) is 0 Å². The number of urea groups is 1. The molecule has 0 unspecified atom stereocenters. The molecule has 8 heteroatoms. The highest BCUT2D eigenvalue weighted by Crippen LogP contribution is 2.31. The van der Waals surface area contributed by atoms with Crippen LogP contribution < -0.4 is 5.32 Å². The molecule has 0 bridgehead atoms. The number of fused-ring (bicyclic) bond motifs is 1. The van der Waals surface area contributed by atoms with Crippen LogP contribution >= 0.6 is 0 Å². The lowest BCUT2D eigenvalue weighted by Crippen LogP contribution is -2.40. The number of nitrogens with one attached hydrogen (secondary N) is 1. The number of amides is 2. The molecule has 1 aliphatic rings. The third-order valence-corrected chi connectivity index (χ3v) is 4.91. The number of hydrogen-bond acceptors (Lipinski definition) is 3. The van der Waals surface area contributed by atoms with E-state index in [0.717, 1.165) is 23.2 Å². The molecule has 146 valence electrons. The van der Waals surface area contributed by atoms with Gasteiger partial charge in [0.25, 0.3) is 0 Å². The van der Waals surface area contributed by atoms with Crippen molar-refractivity contribution in [3.05, 3.63) is 60.0 Å². The molecule has 0 radical (unpaired) electrons. The minimum Gasteiger partial charge on any atom is -0.440 e. The lowest BCUT2D eigenvalue weighted by molar-refractivity contribution is -0.137. The van der Waals surface area contributed by atoms with Gasteiger partial charge in [0.1, 0.15) is 5.52 Å². The summed E-state index contributed by atoms with van der Waals surface area (Å²) in [5.41, 5.74) is 1.16. The van der Waals surface area contributed by atoms with Gasteiger partial charge in [0.05, 0.1) is 5.56 Å². The normalized spacial score (nSPS) is 15.8. The van der Waals surface area contributed by atoms with E-state index in [1.165, 1.54) is 12.1 Å². The third kappa shape index (κ3) is 3.81. The zero-order valence-corrected chi connectivity index (χ0v) is 14.9. The molecule has 1 N–H and O–H groups in total. The Bertz CT molecular complexity index is 941. The summed E-state index contributed by atoms with van der Waals surface area (Å²) in [4.78, 5) is 18.6. The number of piperidine rings is 1. The number of benzene rings is 2. The Morgan fingerprint density at radius 1 is 1.07 bits per heavy atom. The van der Waals surface area contributed by atoms with Crippen LogP contribution in [0.25, 0.3) is 11.1 Å². The summed E-state index contributed by atoms with van der Waals surface area (Å²) in [6.07, 6.45) is -2.96. The van der Waals surface area contributed by atoms with Crippen molar-refractivity contribution in [2.75, 3.05) is 18.4 Å². The Labute approximate surface area is 159 Å². The molecule has 0 spiro atoms. The lowest BCUT2D eigenvalue weighted by atomic mass is 9.97. The molecule has 2 heterocycles. The molecular formula is C20H18F3N3O2. The molecule has 1 saturated heterocycles. The molecule has 0 aliphatic carbocycles. The van der Waals surface area contributed by atoms with Crippen LogP contribution in [0.2, 0.25) is 0 Å². The number of carbonyl (C=O) groups is 1. The van der Waals surface area contributed by atoms with E-state index < -0.39 is 11.7 Å². The maximum absolute atomic E-state index is 12.6. The zero-order valence-electron chi connectivity index (χ0n) is 14.9. The minimum absolute atomic E-state index is 0.141. The fourth-order valence-corrected chi connectivity index (χ4v) is 3.34. The predicted octanol–water partition coefficient (Wildman–Crippen LogP) is 5.26. The summed E-state index contributed by atoms with van der Waals surface area (Å²) in [5.74, 6) is 0.825. The van der Waals surface area contributed by atoms with Crippen molar-refractivity contribution < 1.29 is 22.4 Å². The van der Waals surface area contributed by atoms with E-state index in [1.54, 1.807) is 4.90 Å². The first kappa shape index (κ1) is 18.3. The largest absolute Gasteiger partial charge is 0.440 e. The minimum atomic E-state index is -4.39. The molecule has 1 aromatic heterocycles. The number of halogens is 3. The van der Waals surface area contributed by atoms with Gasteiger partial charge in [-0.1, -0.05) is 12.1 Å². The topological polar surface area (TPSA) is 58.4 Å². The van der Waals surface area contributed by atoms with Gasteiger partial charge in [-0.2, -0.15) is 13.2 Å². The summed E-state index contributed by atoms with van der Waals surface area (Å²) in [5, 5.41) is 2.65. The smallest absolute Gasteiger partial charge is 0.416 e. The number of hydrogen-bond donors (Lipinski definition) is 1. The highest BCUT2D eigenvalue weighted by atomic mass is 19.4. The van der Waals surface area contributed by atoms with Gasteiger partial charge in [0, 0.05) is 24.7 Å². The van der Waals surface area contributed by atoms with E-state index in [4.69, 9.17) is 4.42 Å². The zero-order chi connectivity index (χ0) is 19.7. The molecule has 2 aromatic carbocycles. The molecule has 5 nitrogen and oxygen atoms in total. The van der Waals surface area contributed by atoms with Gasteiger partial charge in [-0.3, -0.25) is 0 Å². The highest BCUT2D eigenvalue weighted by molar-refractivity contribution is 5.89. The van der Waals surface area contributed by atoms with Gasteiger partial charge in [-0.15, -0.1) is 0 Å². The third-order valence-electron chi connectivity index (χ3n) is 4.91. The number of carbonyl (C=O) groups excluding carboxylic acids is 1. The van der Waals surface area contributed by atoms with Crippen LogP contribution in [0.4, 0.5) is 23.7 Å². The summed E-state index contributed by atoms with van der Waals surface area (Å²) in [7, 11) is 0. The average Bonchev–Trinajstić information content (AvgIpc) is 3.12. The van der Waals surface area contributed by atoms with Crippen molar-refractivity contribution in [1.29, 1.82) is 0 Å². The Morgan fingerprint density at radius 3 is 2.39 bits per heavy atom. The van der Waals surface area contributed by atoms with Crippen molar-refractivity contribution >= 4 is 22.8 Å². The molecule has 0 saturated carbocycles. The second-order valence-electron chi connectivity index (χ2n) is 6.79. The Kier molecular flexibility index (Phi) is 4.70. The first-order chi connectivity index (χ1) is 13.4. The molecule has 3 aromatic rings. The number of nitrogens with zero attached hydrogens (tertiary/aromatic N) is 2. The molecular weight excluding hydrogens is 371 g/mol. The first-order valence-corrected chi connectivity index (χ1v) is 8.99. The van der Waals surface area contributed by atoms with Gasteiger partial charge in [0.15, 0.2) is 11.5 Å². The predicted molar refractivity (Wildman–Crippen MR) is 98.0 cm³/mol. The second kappa shape index (κ2) is 7.18. The van der Waals surface area contributed by atoms with Crippen LogP contribution in [-0.2, 0) is 6.18 Å². The molecule has 4 rings (SSSR count). The first-order valence-electron chi connectivity index (χ1n) is 8.99. The van der Waals surface area contributed by atoms with Crippen LogP contribution in [0.15, 0.2) is 52.9 Å². The number of anilines is 1. The van der Waals surface area contributed by atoms with E-state index in [1.807, 2.05) is 24.3 Å². The van der Waals surface area contributed by atoms with Crippen LogP contribution in [-0.4, -0.2) is 29.0 Å².